The van der Waals surface area contributed by atoms with E-state index in [0.29, 0.717) is 6.42 Å². The molecule has 3 N–H and O–H groups in total. The van der Waals surface area contributed by atoms with E-state index < -0.39 is 23.3 Å². The molecule has 0 saturated carbocycles. The molecule has 21 heavy (non-hydrogen) atoms. The standard InChI is InChI=1S/C15H28N2O4/c1-9(2)7-11(13(19)20)8-16-12(18)10(3)17-14(21)15(4,5)6/h9-11H,7-8H2,1-6H3,(H,16,18)(H,17,21)(H,19,20). The lowest BCUT2D eigenvalue weighted by Crippen LogP contribution is -2.49. The number of carboxylic acid groups (broad SMARTS) is 1. The monoisotopic (exact) mass is 300 g/mol. The summed E-state index contributed by atoms with van der Waals surface area (Å²) in [6.07, 6.45) is 0.498. The third-order valence-electron chi connectivity index (χ3n) is 3.05. The van der Waals surface area contributed by atoms with Crippen molar-refractivity contribution in [2.75, 3.05) is 6.54 Å². The maximum Gasteiger partial charge on any atom is 0.308 e. The summed E-state index contributed by atoms with van der Waals surface area (Å²) in [5.41, 5.74) is -0.574. The number of carboxylic acids is 1. The Balaban J connectivity index is 4.41. The van der Waals surface area contributed by atoms with Crippen molar-refractivity contribution < 1.29 is 19.5 Å². The van der Waals surface area contributed by atoms with Gasteiger partial charge in [0.15, 0.2) is 0 Å². The van der Waals surface area contributed by atoms with Crippen LogP contribution in [0.25, 0.3) is 0 Å². The summed E-state index contributed by atoms with van der Waals surface area (Å²) in [4.78, 5) is 34.8. The molecule has 0 bridgehead atoms. The molecule has 0 aliphatic carbocycles. The summed E-state index contributed by atoms with van der Waals surface area (Å²) in [7, 11) is 0. The van der Waals surface area contributed by atoms with Crippen LogP contribution in [-0.4, -0.2) is 35.5 Å². The van der Waals surface area contributed by atoms with E-state index in [1.165, 1.54) is 0 Å². The van der Waals surface area contributed by atoms with E-state index in [0.717, 1.165) is 0 Å². The Morgan fingerprint density at radius 1 is 1.10 bits per heavy atom. The van der Waals surface area contributed by atoms with Gasteiger partial charge in [-0.15, -0.1) is 0 Å². The molecule has 0 fully saturated rings. The molecule has 2 amide bonds. The first-order chi connectivity index (χ1) is 9.45. The molecule has 0 radical (unpaired) electrons. The maximum absolute atomic E-state index is 11.9. The number of aliphatic carboxylic acids is 1. The first-order valence-corrected chi connectivity index (χ1v) is 7.26. The smallest absolute Gasteiger partial charge is 0.308 e. The molecule has 0 aromatic rings. The van der Waals surface area contributed by atoms with Crippen LogP contribution < -0.4 is 10.6 Å². The van der Waals surface area contributed by atoms with E-state index in [2.05, 4.69) is 10.6 Å². The highest BCUT2D eigenvalue weighted by Crippen LogP contribution is 2.13. The Bertz CT molecular complexity index is 386. The van der Waals surface area contributed by atoms with Crippen LogP contribution in [0.4, 0.5) is 0 Å². The normalized spacial score (nSPS) is 14.4. The topological polar surface area (TPSA) is 95.5 Å². The van der Waals surface area contributed by atoms with Gasteiger partial charge in [0, 0.05) is 12.0 Å². The fourth-order valence-corrected chi connectivity index (χ4v) is 1.70. The highest BCUT2D eigenvalue weighted by atomic mass is 16.4. The van der Waals surface area contributed by atoms with Gasteiger partial charge in [0.05, 0.1) is 5.92 Å². The van der Waals surface area contributed by atoms with E-state index in [4.69, 9.17) is 5.11 Å². The van der Waals surface area contributed by atoms with Crippen molar-refractivity contribution in [2.45, 2.75) is 54.0 Å². The molecule has 0 aliphatic heterocycles. The molecular formula is C15H28N2O4. The van der Waals surface area contributed by atoms with Crippen LogP contribution in [-0.2, 0) is 14.4 Å². The fourth-order valence-electron chi connectivity index (χ4n) is 1.70. The second kappa shape index (κ2) is 8.00. The van der Waals surface area contributed by atoms with Crippen LogP contribution >= 0.6 is 0 Å². The molecule has 0 aromatic heterocycles. The number of hydrogen-bond acceptors (Lipinski definition) is 3. The van der Waals surface area contributed by atoms with Crippen molar-refractivity contribution >= 4 is 17.8 Å². The second-order valence-corrected chi connectivity index (χ2v) is 6.86. The van der Waals surface area contributed by atoms with Crippen molar-refractivity contribution in [3.05, 3.63) is 0 Å². The highest BCUT2D eigenvalue weighted by Gasteiger charge is 2.26. The average Bonchev–Trinajstić information content (AvgIpc) is 2.31. The molecule has 0 heterocycles. The van der Waals surface area contributed by atoms with Gasteiger partial charge in [0.1, 0.15) is 6.04 Å². The molecule has 2 atom stereocenters. The first kappa shape index (κ1) is 19.4. The minimum Gasteiger partial charge on any atom is -0.481 e. The van der Waals surface area contributed by atoms with Crippen molar-refractivity contribution in [2.24, 2.45) is 17.3 Å². The number of carbonyl (C=O) groups is 3. The molecule has 2 unspecified atom stereocenters. The third kappa shape index (κ3) is 7.68. The Kier molecular flexibility index (Phi) is 7.39. The Morgan fingerprint density at radius 2 is 1.62 bits per heavy atom. The Morgan fingerprint density at radius 3 is 2.00 bits per heavy atom. The van der Waals surface area contributed by atoms with Gasteiger partial charge in [-0.25, -0.2) is 0 Å². The van der Waals surface area contributed by atoms with Gasteiger partial charge < -0.3 is 15.7 Å². The van der Waals surface area contributed by atoms with Gasteiger partial charge in [-0.2, -0.15) is 0 Å². The summed E-state index contributed by atoms with van der Waals surface area (Å²) in [6.45, 7) is 10.8. The van der Waals surface area contributed by atoms with Crippen molar-refractivity contribution in [1.29, 1.82) is 0 Å². The predicted molar refractivity (Wildman–Crippen MR) is 80.7 cm³/mol. The van der Waals surface area contributed by atoms with E-state index in [-0.39, 0.29) is 24.3 Å². The largest absolute Gasteiger partial charge is 0.481 e. The van der Waals surface area contributed by atoms with Crippen molar-refractivity contribution in [1.82, 2.24) is 10.6 Å². The quantitative estimate of drug-likeness (QED) is 0.662. The van der Waals surface area contributed by atoms with Gasteiger partial charge in [-0.3, -0.25) is 14.4 Å². The van der Waals surface area contributed by atoms with Crippen LogP contribution in [0.1, 0.15) is 48.0 Å². The molecule has 0 spiro atoms. The number of carbonyl (C=O) groups excluding carboxylic acids is 2. The van der Waals surface area contributed by atoms with Crippen molar-refractivity contribution in [3.63, 3.8) is 0 Å². The van der Waals surface area contributed by atoms with Crippen LogP contribution in [0.15, 0.2) is 0 Å². The Hall–Kier alpha value is -1.59. The summed E-state index contributed by atoms with van der Waals surface area (Å²) in [5, 5.41) is 14.3. The fraction of sp³-hybridized carbons (Fsp3) is 0.800. The minimum absolute atomic E-state index is 0.0715. The SMILES string of the molecule is CC(C)CC(CNC(=O)C(C)NC(=O)C(C)(C)C)C(=O)O. The van der Waals surface area contributed by atoms with Crippen LogP contribution in [0.2, 0.25) is 0 Å². The molecular weight excluding hydrogens is 272 g/mol. The average molecular weight is 300 g/mol. The molecule has 0 saturated heterocycles. The molecule has 122 valence electrons. The second-order valence-electron chi connectivity index (χ2n) is 6.86. The van der Waals surface area contributed by atoms with Crippen molar-refractivity contribution in [3.8, 4) is 0 Å². The van der Waals surface area contributed by atoms with Gasteiger partial charge >= 0.3 is 5.97 Å². The summed E-state index contributed by atoms with van der Waals surface area (Å²) >= 11 is 0. The van der Waals surface area contributed by atoms with Crippen LogP contribution in [0.5, 0.6) is 0 Å². The molecule has 6 nitrogen and oxygen atoms in total. The van der Waals surface area contributed by atoms with Crippen LogP contribution in [0, 0.1) is 17.3 Å². The molecule has 0 rings (SSSR count). The number of hydrogen-bond donors (Lipinski definition) is 3. The maximum atomic E-state index is 11.9. The summed E-state index contributed by atoms with van der Waals surface area (Å²) in [5.74, 6) is -1.89. The highest BCUT2D eigenvalue weighted by molar-refractivity contribution is 5.89. The van der Waals surface area contributed by atoms with E-state index in [9.17, 15) is 14.4 Å². The lowest BCUT2D eigenvalue weighted by molar-refractivity contribution is -0.142. The lowest BCUT2D eigenvalue weighted by Gasteiger charge is -2.22. The number of nitrogens with one attached hydrogen (secondary N) is 2. The van der Waals surface area contributed by atoms with Gasteiger partial charge in [-0.1, -0.05) is 34.6 Å². The van der Waals surface area contributed by atoms with E-state index >= 15 is 0 Å². The molecule has 6 heteroatoms. The number of amides is 2. The third-order valence-corrected chi connectivity index (χ3v) is 3.05. The first-order valence-electron chi connectivity index (χ1n) is 7.26. The lowest BCUT2D eigenvalue weighted by atomic mass is 9.95. The van der Waals surface area contributed by atoms with E-state index in [1.807, 2.05) is 13.8 Å². The summed E-state index contributed by atoms with van der Waals surface area (Å²) in [6, 6.07) is -0.690. The molecule has 0 aliphatic rings. The predicted octanol–water partition coefficient (Wildman–Crippen LogP) is 1.40. The van der Waals surface area contributed by atoms with E-state index in [1.54, 1.807) is 27.7 Å². The number of rotatable bonds is 7. The minimum atomic E-state index is -0.921. The van der Waals surface area contributed by atoms with Gasteiger partial charge in [0.25, 0.3) is 0 Å². The zero-order valence-electron chi connectivity index (χ0n) is 13.8. The van der Waals surface area contributed by atoms with Crippen LogP contribution in [0.3, 0.4) is 0 Å². The Labute approximate surface area is 126 Å². The molecule has 0 aromatic carbocycles. The van der Waals surface area contributed by atoms with Gasteiger partial charge in [-0.05, 0) is 19.3 Å². The van der Waals surface area contributed by atoms with Gasteiger partial charge in [0.2, 0.25) is 11.8 Å². The zero-order chi connectivity index (χ0) is 16.8. The summed E-state index contributed by atoms with van der Waals surface area (Å²) < 4.78 is 0. The zero-order valence-corrected chi connectivity index (χ0v) is 13.8.